The van der Waals surface area contributed by atoms with Gasteiger partial charge in [-0.2, -0.15) is 0 Å². The Balaban J connectivity index is 1.61. The molecule has 1 aromatic heterocycles. The summed E-state index contributed by atoms with van der Waals surface area (Å²) in [6.45, 7) is 0.992. The zero-order valence-electron chi connectivity index (χ0n) is 14.4. The van der Waals surface area contributed by atoms with E-state index in [4.69, 9.17) is 0 Å². The standard InChI is InChI=1S/C23H19N3/c1-2-5-18-14-19(8-6-16(18)4-1)22-21-15-20(23-25-11-3-12-26-23)9-7-17(21)10-13-24-22/h1-9,11-12,14-15,22,24H,10,13H2. The lowest BCUT2D eigenvalue weighted by Gasteiger charge is -2.28. The monoisotopic (exact) mass is 337 g/mol. The lowest BCUT2D eigenvalue weighted by Crippen LogP contribution is -2.30. The van der Waals surface area contributed by atoms with Crippen LogP contribution in [0.5, 0.6) is 0 Å². The topological polar surface area (TPSA) is 37.8 Å². The Labute approximate surface area is 152 Å². The summed E-state index contributed by atoms with van der Waals surface area (Å²) in [6.07, 6.45) is 4.64. The molecule has 0 spiro atoms. The van der Waals surface area contributed by atoms with E-state index >= 15 is 0 Å². The molecule has 0 aliphatic carbocycles. The second-order valence-electron chi connectivity index (χ2n) is 6.73. The first-order valence-corrected chi connectivity index (χ1v) is 9.01. The Kier molecular flexibility index (Phi) is 3.72. The molecule has 0 saturated carbocycles. The molecule has 1 aliphatic rings. The first-order valence-electron chi connectivity index (χ1n) is 9.01. The van der Waals surface area contributed by atoms with Crippen molar-refractivity contribution in [3.05, 3.63) is 95.8 Å². The highest BCUT2D eigenvalue weighted by Crippen LogP contribution is 2.32. The SMILES string of the molecule is c1cnc(-c2ccc3c(c2)C(c2ccc4ccccc4c2)NCC3)nc1. The molecule has 2 heterocycles. The van der Waals surface area contributed by atoms with Crippen molar-refractivity contribution in [2.45, 2.75) is 12.5 Å². The number of nitrogens with one attached hydrogen (secondary N) is 1. The Morgan fingerprint density at radius 1 is 0.808 bits per heavy atom. The van der Waals surface area contributed by atoms with Crippen molar-refractivity contribution in [2.24, 2.45) is 0 Å². The number of fused-ring (bicyclic) bond motifs is 2. The maximum absolute atomic E-state index is 4.41. The van der Waals surface area contributed by atoms with Crippen LogP contribution in [0.4, 0.5) is 0 Å². The minimum atomic E-state index is 0.201. The first kappa shape index (κ1) is 15.2. The minimum Gasteiger partial charge on any atom is -0.306 e. The van der Waals surface area contributed by atoms with Gasteiger partial charge in [-0.3, -0.25) is 0 Å². The first-order chi connectivity index (χ1) is 12.9. The molecule has 0 bridgehead atoms. The van der Waals surface area contributed by atoms with E-state index in [0.717, 1.165) is 24.4 Å². The molecule has 0 fully saturated rings. The van der Waals surface area contributed by atoms with Crippen LogP contribution in [0.1, 0.15) is 22.7 Å². The van der Waals surface area contributed by atoms with E-state index in [2.05, 4.69) is 75.9 Å². The number of benzene rings is 3. The van der Waals surface area contributed by atoms with Crippen LogP contribution in [0, 0.1) is 0 Å². The van der Waals surface area contributed by atoms with E-state index in [9.17, 15) is 0 Å². The second kappa shape index (κ2) is 6.36. The van der Waals surface area contributed by atoms with Crippen LogP contribution in [0.2, 0.25) is 0 Å². The molecule has 1 unspecified atom stereocenters. The molecular formula is C23H19N3. The Morgan fingerprint density at radius 3 is 2.54 bits per heavy atom. The van der Waals surface area contributed by atoms with Crippen molar-refractivity contribution >= 4 is 10.8 Å². The summed E-state index contributed by atoms with van der Waals surface area (Å²) in [7, 11) is 0. The molecule has 5 rings (SSSR count). The fraction of sp³-hybridized carbons (Fsp3) is 0.130. The van der Waals surface area contributed by atoms with Gasteiger partial charge in [0.15, 0.2) is 5.82 Å². The molecule has 3 aromatic carbocycles. The Morgan fingerprint density at radius 2 is 1.65 bits per heavy atom. The molecule has 126 valence electrons. The van der Waals surface area contributed by atoms with E-state index < -0.39 is 0 Å². The quantitative estimate of drug-likeness (QED) is 0.584. The van der Waals surface area contributed by atoms with Crippen molar-refractivity contribution in [3.63, 3.8) is 0 Å². The van der Waals surface area contributed by atoms with Crippen LogP contribution in [0.15, 0.2) is 79.1 Å². The summed E-state index contributed by atoms with van der Waals surface area (Å²) in [5, 5.41) is 6.25. The molecule has 0 radical (unpaired) electrons. The van der Waals surface area contributed by atoms with Gasteiger partial charge in [0.1, 0.15) is 0 Å². The summed E-state index contributed by atoms with van der Waals surface area (Å²) in [4.78, 5) is 8.81. The summed E-state index contributed by atoms with van der Waals surface area (Å²) in [5.41, 5.74) is 5.10. The number of rotatable bonds is 2. The molecule has 26 heavy (non-hydrogen) atoms. The van der Waals surface area contributed by atoms with E-state index in [1.165, 1.54) is 27.5 Å². The predicted octanol–water partition coefficient (Wildman–Crippen LogP) is 4.53. The molecule has 3 heteroatoms. The van der Waals surface area contributed by atoms with Gasteiger partial charge < -0.3 is 5.32 Å². The fourth-order valence-electron chi connectivity index (χ4n) is 3.82. The van der Waals surface area contributed by atoms with Gasteiger partial charge in [0, 0.05) is 24.5 Å². The van der Waals surface area contributed by atoms with Gasteiger partial charge in [-0.1, -0.05) is 48.5 Å². The molecule has 3 nitrogen and oxygen atoms in total. The maximum Gasteiger partial charge on any atom is 0.159 e. The van der Waals surface area contributed by atoms with E-state index in [1.54, 1.807) is 12.4 Å². The van der Waals surface area contributed by atoms with Gasteiger partial charge in [0.2, 0.25) is 0 Å². The number of hydrogen-bond donors (Lipinski definition) is 1. The average molecular weight is 337 g/mol. The maximum atomic E-state index is 4.41. The van der Waals surface area contributed by atoms with Gasteiger partial charge in [0.05, 0.1) is 6.04 Å². The van der Waals surface area contributed by atoms with Gasteiger partial charge in [0.25, 0.3) is 0 Å². The van der Waals surface area contributed by atoms with Crippen LogP contribution < -0.4 is 5.32 Å². The lowest BCUT2D eigenvalue weighted by molar-refractivity contribution is 0.568. The molecule has 0 saturated heterocycles. The average Bonchev–Trinajstić information content (AvgIpc) is 2.73. The van der Waals surface area contributed by atoms with Gasteiger partial charge in [-0.05, 0) is 52.1 Å². The highest BCUT2D eigenvalue weighted by Gasteiger charge is 2.22. The third-order valence-corrected chi connectivity index (χ3v) is 5.13. The zero-order chi connectivity index (χ0) is 17.3. The van der Waals surface area contributed by atoms with Crippen LogP contribution in [0.3, 0.4) is 0 Å². The second-order valence-corrected chi connectivity index (χ2v) is 6.73. The number of aromatic nitrogens is 2. The van der Waals surface area contributed by atoms with E-state index in [0.29, 0.717) is 0 Å². The van der Waals surface area contributed by atoms with Crippen molar-refractivity contribution in [1.29, 1.82) is 0 Å². The van der Waals surface area contributed by atoms with Crippen molar-refractivity contribution in [3.8, 4) is 11.4 Å². The highest BCUT2D eigenvalue weighted by atomic mass is 14.9. The zero-order valence-corrected chi connectivity index (χ0v) is 14.4. The summed E-state index contributed by atoms with van der Waals surface area (Å²) in [6, 6.07) is 23.9. The van der Waals surface area contributed by atoms with E-state index in [-0.39, 0.29) is 6.04 Å². The summed E-state index contributed by atoms with van der Waals surface area (Å²) in [5.74, 6) is 0.776. The fourth-order valence-corrected chi connectivity index (χ4v) is 3.82. The smallest absolute Gasteiger partial charge is 0.159 e. The molecular weight excluding hydrogens is 318 g/mol. The van der Waals surface area contributed by atoms with Gasteiger partial charge in [-0.25, -0.2) is 9.97 Å². The Hall–Kier alpha value is -3.04. The largest absolute Gasteiger partial charge is 0.306 e. The molecule has 4 aromatic rings. The predicted molar refractivity (Wildman–Crippen MR) is 105 cm³/mol. The molecule has 0 amide bonds. The third kappa shape index (κ3) is 2.67. The summed E-state index contributed by atoms with van der Waals surface area (Å²) >= 11 is 0. The normalized spacial score (nSPS) is 16.4. The van der Waals surface area contributed by atoms with Gasteiger partial charge >= 0.3 is 0 Å². The van der Waals surface area contributed by atoms with Crippen LogP contribution in [-0.2, 0) is 6.42 Å². The van der Waals surface area contributed by atoms with Crippen LogP contribution in [-0.4, -0.2) is 16.5 Å². The molecule has 1 N–H and O–H groups in total. The lowest BCUT2D eigenvalue weighted by atomic mass is 9.87. The molecule has 1 aliphatic heterocycles. The number of hydrogen-bond acceptors (Lipinski definition) is 3. The minimum absolute atomic E-state index is 0.201. The highest BCUT2D eigenvalue weighted by molar-refractivity contribution is 5.83. The number of nitrogens with zero attached hydrogens (tertiary/aromatic N) is 2. The summed E-state index contributed by atoms with van der Waals surface area (Å²) < 4.78 is 0. The van der Waals surface area contributed by atoms with Gasteiger partial charge in [-0.15, -0.1) is 0 Å². The van der Waals surface area contributed by atoms with Crippen molar-refractivity contribution in [2.75, 3.05) is 6.54 Å². The van der Waals surface area contributed by atoms with E-state index in [1.807, 2.05) is 6.07 Å². The Bertz CT molecular complexity index is 1070. The third-order valence-electron chi connectivity index (χ3n) is 5.13. The van der Waals surface area contributed by atoms with Crippen molar-refractivity contribution in [1.82, 2.24) is 15.3 Å². The van der Waals surface area contributed by atoms with Crippen molar-refractivity contribution < 1.29 is 0 Å². The molecule has 1 atom stereocenters. The van der Waals surface area contributed by atoms with Crippen LogP contribution in [0.25, 0.3) is 22.2 Å². The van der Waals surface area contributed by atoms with Crippen LogP contribution >= 0.6 is 0 Å².